The van der Waals surface area contributed by atoms with Gasteiger partial charge in [-0.05, 0) is 42.7 Å². The molecule has 2 aromatic rings. The van der Waals surface area contributed by atoms with Crippen LogP contribution in [0.2, 0.25) is 0 Å². The van der Waals surface area contributed by atoms with Crippen molar-refractivity contribution in [1.29, 1.82) is 0 Å². The summed E-state index contributed by atoms with van der Waals surface area (Å²) in [4.78, 5) is 0. The van der Waals surface area contributed by atoms with Crippen LogP contribution in [0.1, 0.15) is 18.9 Å². The van der Waals surface area contributed by atoms with Gasteiger partial charge in [-0.25, -0.2) is 0 Å². The van der Waals surface area contributed by atoms with E-state index >= 15 is 0 Å². The first-order valence-electron chi connectivity index (χ1n) is 6.35. The zero-order valence-electron chi connectivity index (χ0n) is 11.1. The van der Waals surface area contributed by atoms with Crippen LogP contribution in [0.25, 0.3) is 0 Å². The van der Waals surface area contributed by atoms with Crippen molar-refractivity contribution >= 4 is 12.4 Å². The second-order valence-corrected chi connectivity index (χ2v) is 4.43. The molecule has 102 valence electrons. The Morgan fingerprint density at radius 2 is 1.68 bits per heavy atom. The molecule has 0 heterocycles. The van der Waals surface area contributed by atoms with E-state index in [9.17, 15) is 0 Å². The van der Waals surface area contributed by atoms with Crippen LogP contribution in [-0.4, -0.2) is 6.04 Å². The number of halogens is 1. The summed E-state index contributed by atoms with van der Waals surface area (Å²) in [5, 5.41) is 0. The van der Waals surface area contributed by atoms with E-state index < -0.39 is 0 Å². The van der Waals surface area contributed by atoms with Crippen molar-refractivity contribution in [2.24, 2.45) is 5.73 Å². The molecule has 0 amide bonds. The molecule has 0 aliphatic carbocycles. The van der Waals surface area contributed by atoms with Gasteiger partial charge in [0.2, 0.25) is 0 Å². The van der Waals surface area contributed by atoms with Crippen molar-refractivity contribution in [2.45, 2.75) is 25.8 Å². The topological polar surface area (TPSA) is 35.2 Å². The fourth-order valence-electron chi connectivity index (χ4n) is 1.81. The Bertz CT molecular complexity index is 487. The Morgan fingerprint density at radius 1 is 1.00 bits per heavy atom. The number of benzene rings is 2. The summed E-state index contributed by atoms with van der Waals surface area (Å²) in [5.41, 5.74) is 7.19. The van der Waals surface area contributed by atoms with Gasteiger partial charge in [-0.2, -0.15) is 0 Å². The summed E-state index contributed by atoms with van der Waals surface area (Å²) in [6.07, 6.45) is 1.88. The van der Waals surface area contributed by atoms with E-state index in [4.69, 9.17) is 10.5 Å². The molecule has 0 aromatic heterocycles. The van der Waals surface area contributed by atoms with Gasteiger partial charge in [0, 0.05) is 6.04 Å². The van der Waals surface area contributed by atoms with E-state index in [-0.39, 0.29) is 18.4 Å². The quantitative estimate of drug-likeness (QED) is 0.890. The highest BCUT2D eigenvalue weighted by Crippen LogP contribution is 2.22. The number of hydrogen-bond donors (Lipinski definition) is 1. The molecule has 2 nitrogen and oxygen atoms in total. The molecule has 0 radical (unpaired) electrons. The minimum absolute atomic E-state index is 0. The normalized spacial score (nSPS) is 11.5. The largest absolute Gasteiger partial charge is 0.457 e. The summed E-state index contributed by atoms with van der Waals surface area (Å²) in [5.74, 6) is 1.72. The summed E-state index contributed by atoms with van der Waals surface area (Å²) >= 11 is 0. The van der Waals surface area contributed by atoms with Crippen molar-refractivity contribution in [1.82, 2.24) is 0 Å². The number of para-hydroxylation sites is 1. The van der Waals surface area contributed by atoms with Gasteiger partial charge in [-0.1, -0.05) is 37.3 Å². The van der Waals surface area contributed by atoms with Gasteiger partial charge in [-0.15, -0.1) is 12.4 Å². The maximum atomic E-state index is 5.97. The van der Waals surface area contributed by atoms with Crippen LogP contribution in [0.5, 0.6) is 11.5 Å². The zero-order chi connectivity index (χ0) is 12.8. The van der Waals surface area contributed by atoms with Crippen LogP contribution in [0.4, 0.5) is 0 Å². The lowest BCUT2D eigenvalue weighted by Gasteiger charge is -2.10. The molecule has 0 aliphatic rings. The second kappa shape index (κ2) is 7.82. The van der Waals surface area contributed by atoms with Gasteiger partial charge in [0.25, 0.3) is 0 Å². The Hall–Kier alpha value is -1.51. The summed E-state index contributed by atoms with van der Waals surface area (Å²) in [6, 6.07) is 18.1. The van der Waals surface area contributed by atoms with Crippen molar-refractivity contribution in [3.05, 3.63) is 60.2 Å². The predicted molar refractivity (Wildman–Crippen MR) is 82.2 cm³/mol. The van der Waals surface area contributed by atoms with Crippen LogP contribution in [0.15, 0.2) is 54.6 Å². The highest BCUT2D eigenvalue weighted by molar-refractivity contribution is 5.85. The molecule has 1 atom stereocenters. The van der Waals surface area contributed by atoms with Gasteiger partial charge in [-0.3, -0.25) is 0 Å². The van der Waals surface area contributed by atoms with E-state index in [0.717, 1.165) is 24.3 Å². The molecule has 0 spiro atoms. The van der Waals surface area contributed by atoms with Crippen molar-refractivity contribution in [2.75, 3.05) is 0 Å². The average Bonchev–Trinajstić information content (AvgIpc) is 2.40. The fourth-order valence-corrected chi connectivity index (χ4v) is 1.81. The van der Waals surface area contributed by atoms with Gasteiger partial charge < -0.3 is 10.5 Å². The first-order valence-corrected chi connectivity index (χ1v) is 6.35. The highest BCUT2D eigenvalue weighted by Gasteiger charge is 2.03. The van der Waals surface area contributed by atoms with Crippen LogP contribution in [0, 0.1) is 0 Å². The first-order chi connectivity index (χ1) is 8.78. The lowest BCUT2D eigenvalue weighted by Crippen LogP contribution is -2.21. The molecule has 0 saturated carbocycles. The third-order valence-electron chi connectivity index (χ3n) is 2.90. The van der Waals surface area contributed by atoms with Gasteiger partial charge in [0.05, 0.1) is 0 Å². The number of nitrogens with two attached hydrogens (primary N) is 1. The van der Waals surface area contributed by atoms with Crippen molar-refractivity contribution < 1.29 is 4.74 Å². The second-order valence-electron chi connectivity index (χ2n) is 4.43. The Labute approximate surface area is 121 Å². The monoisotopic (exact) mass is 277 g/mol. The third-order valence-corrected chi connectivity index (χ3v) is 2.90. The average molecular weight is 278 g/mol. The number of hydrogen-bond acceptors (Lipinski definition) is 2. The van der Waals surface area contributed by atoms with Crippen molar-refractivity contribution in [3.8, 4) is 11.5 Å². The molecule has 0 aliphatic heterocycles. The van der Waals surface area contributed by atoms with E-state index in [0.29, 0.717) is 0 Å². The summed E-state index contributed by atoms with van der Waals surface area (Å²) in [7, 11) is 0. The molecule has 1 unspecified atom stereocenters. The third kappa shape index (κ3) is 4.93. The van der Waals surface area contributed by atoms with E-state index in [1.54, 1.807) is 0 Å². The van der Waals surface area contributed by atoms with Crippen LogP contribution in [-0.2, 0) is 6.42 Å². The lowest BCUT2D eigenvalue weighted by molar-refractivity contribution is 0.481. The molecule has 0 bridgehead atoms. The van der Waals surface area contributed by atoms with Crippen LogP contribution in [0.3, 0.4) is 0 Å². The van der Waals surface area contributed by atoms with Gasteiger partial charge in [0.1, 0.15) is 11.5 Å². The first kappa shape index (κ1) is 15.5. The van der Waals surface area contributed by atoms with Crippen LogP contribution < -0.4 is 10.5 Å². The van der Waals surface area contributed by atoms with Crippen molar-refractivity contribution in [3.63, 3.8) is 0 Å². The van der Waals surface area contributed by atoms with E-state index in [2.05, 4.69) is 19.1 Å². The predicted octanol–water partition coefficient (Wildman–Crippen LogP) is 4.18. The minimum Gasteiger partial charge on any atom is -0.457 e. The highest BCUT2D eigenvalue weighted by atomic mass is 35.5. The molecular formula is C16H20ClNO. The van der Waals surface area contributed by atoms with Gasteiger partial charge in [0.15, 0.2) is 0 Å². The molecule has 2 rings (SSSR count). The molecule has 2 N–H and O–H groups in total. The maximum absolute atomic E-state index is 5.97. The lowest BCUT2D eigenvalue weighted by atomic mass is 10.0. The minimum atomic E-state index is 0. The number of rotatable bonds is 5. The molecule has 19 heavy (non-hydrogen) atoms. The number of ether oxygens (including phenoxy) is 1. The Kier molecular flexibility index (Phi) is 6.40. The fraction of sp³-hybridized carbons (Fsp3) is 0.250. The maximum Gasteiger partial charge on any atom is 0.127 e. The molecular weight excluding hydrogens is 258 g/mol. The summed E-state index contributed by atoms with van der Waals surface area (Å²) < 4.78 is 5.79. The van der Waals surface area contributed by atoms with E-state index in [1.807, 2.05) is 42.5 Å². The SMILES string of the molecule is CCC(N)Cc1cccc(Oc2ccccc2)c1.Cl. The van der Waals surface area contributed by atoms with Gasteiger partial charge >= 0.3 is 0 Å². The molecule has 0 fully saturated rings. The standard InChI is InChI=1S/C16H19NO.ClH/c1-2-14(17)11-13-7-6-10-16(12-13)18-15-8-4-3-5-9-15;/h3-10,12,14H,2,11,17H2,1H3;1H. The zero-order valence-corrected chi connectivity index (χ0v) is 11.9. The summed E-state index contributed by atoms with van der Waals surface area (Å²) in [6.45, 7) is 2.11. The van der Waals surface area contributed by atoms with E-state index in [1.165, 1.54) is 5.56 Å². The smallest absolute Gasteiger partial charge is 0.127 e. The molecule has 2 aromatic carbocycles. The molecule has 0 saturated heterocycles. The Balaban J connectivity index is 0.00000180. The Morgan fingerprint density at radius 3 is 2.37 bits per heavy atom. The molecule has 3 heteroatoms. The van der Waals surface area contributed by atoms with Crippen LogP contribution >= 0.6 is 12.4 Å².